The minimum Gasteiger partial charge on any atom is -0.326 e. The lowest BCUT2D eigenvalue weighted by molar-refractivity contribution is -0.116. The fourth-order valence-corrected chi connectivity index (χ4v) is 6.01. The number of hydrogen-bond donors (Lipinski definition) is 2. The second-order valence-corrected chi connectivity index (χ2v) is 12.8. The second kappa shape index (κ2) is 11.5. The van der Waals surface area contributed by atoms with Gasteiger partial charge in [-0.05, 0) is 86.3 Å². The quantitative estimate of drug-likeness (QED) is 0.350. The van der Waals surface area contributed by atoms with Crippen LogP contribution in [-0.2, 0) is 24.8 Å². The molecule has 0 unspecified atom stereocenters. The molecule has 0 aliphatic rings. The van der Waals surface area contributed by atoms with E-state index in [1.54, 1.807) is 25.1 Å². The lowest BCUT2D eigenvalue weighted by atomic mass is 10.1. The van der Waals surface area contributed by atoms with Gasteiger partial charge < -0.3 is 5.32 Å². The maximum atomic E-state index is 12.8. The van der Waals surface area contributed by atoms with E-state index in [0.717, 1.165) is 17.4 Å². The number of benzene rings is 3. The van der Waals surface area contributed by atoms with Gasteiger partial charge in [0, 0.05) is 23.7 Å². The predicted octanol–water partition coefficient (Wildman–Crippen LogP) is 5.25. The van der Waals surface area contributed by atoms with Crippen LogP contribution in [-0.4, -0.2) is 35.5 Å². The molecule has 2 N–H and O–H groups in total. The summed E-state index contributed by atoms with van der Waals surface area (Å²) in [7, 11) is -7.38. The van der Waals surface area contributed by atoms with Crippen LogP contribution in [0.25, 0.3) is 0 Å². The Morgan fingerprint density at radius 3 is 2.27 bits per heavy atom. The van der Waals surface area contributed by atoms with Gasteiger partial charge in [-0.15, -0.1) is 0 Å². The standard InChI is InChI=1S/C26H30ClN3O5S2/c1-18-10-11-19(2)25(17-18)30(36(4,32)33)16-6-9-26(31)28-21-12-14-22(15-13-21)37(34,35)29-24-8-5-7-23(27)20(24)3/h5,7-8,10-15,17,29H,6,9,16H2,1-4H3,(H,28,31). The molecule has 37 heavy (non-hydrogen) atoms. The van der Waals surface area contributed by atoms with Gasteiger partial charge in [0.05, 0.1) is 22.5 Å². The molecule has 0 aromatic heterocycles. The first-order valence-electron chi connectivity index (χ1n) is 11.5. The lowest BCUT2D eigenvalue weighted by Crippen LogP contribution is -2.32. The van der Waals surface area contributed by atoms with Gasteiger partial charge in [0.15, 0.2) is 0 Å². The van der Waals surface area contributed by atoms with E-state index in [1.165, 1.54) is 28.6 Å². The molecule has 1 amide bonds. The number of carbonyl (C=O) groups is 1. The topological polar surface area (TPSA) is 113 Å². The molecule has 0 spiro atoms. The number of aryl methyl sites for hydroxylation is 2. The molecule has 0 saturated heterocycles. The molecular formula is C26H30ClN3O5S2. The SMILES string of the molecule is Cc1ccc(C)c(N(CCCC(=O)Nc2ccc(S(=O)(=O)Nc3cccc(Cl)c3C)cc2)S(C)(=O)=O)c1. The normalized spacial score (nSPS) is 11.7. The predicted molar refractivity (Wildman–Crippen MR) is 149 cm³/mol. The smallest absolute Gasteiger partial charge is 0.261 e. The van der Waals surface area contributed by atoms with Crippen LogP contribution in [0.2, 0.25) is 5.02 Å². The maximum absolute atomic E-state index is 12.8. The van der Waals surface area contributed by atoms with Crippen LogP contribution in [0.5, 0.6) is 0 Å². The Kier molecular flexibility index (Phi) is 8.88. The third-order valence-electron chi connectivity index (χ3n) is 5.76. The van der Waals surface area contributed by atoms with Crippen LogP contribution in [0, 0.1) is 20.8 Å². The van der Waals surface area contributed by atoms with Crippen molar-refractivity contribution in [2.75, 3.05) is 27.1 Å². The van der Waals surface area contributed by atoms with Crippen molar-refractivity contribution < 1.29 is 21.6 Å². The van der Waals surface area contributed by atoms with Crippen molar-refractivity contribution in [1.82, 2.24) is 0 Å². The van der Waals surface area contributed by atoms with E-state index in [0.29, 0.717) is 34.1 Å². The summed E-state index contributed by atoms with van der Waals surface area (Å²) in [5.41, 5.74) is 3.79. The number of sulfonamides is 2. The van der Waals surface area contributed by atoms with Gasteiger partial charge in [-0.3, -0.25) is 13.8 Å². The van der Waals surface area contributed by atoms with E-state index in [4.69, 9.17) is 11.6 Å². The van der Waals surface area contributed by atoms with Crippen LogP contribution in [0.1, 0.15) is 29.5 Å². The number of amides is 1. The molecule has 0 aliphatic heterocycles. The zero-order chi connectivity index (χ0) is 27.4. The molecule has 0 saturated carbocycles. The molecule has 3 rings (SSSR count). The van der Waals surface area contributed by atoms with Crippen LogP contribution in [0.4, 0.5) is 17.1 Å². The van der Waals surface area contributed by atoms with Crippen LogP contribution >= 0.6 is 11.6 Å². The molecule has 3 aromatic carbocycles. The van der Waals surface area contributed by atoms with E-state index in [-0.39, 0.29) is 23.8 Å². The monoisotopic (exact) mass is 563 g/mol. The van der Waals surface area contributed by atoms with Gasteiger partial charge >= 0.3 is 0 Å². The van der Waals surface area contributed by atoms with Crippen molar-refractivity contribution in [2.24, 2.45) is 0 Å². The molecule has 3 aromatic rings. The van der Waals surface area contributed by atoms with Crippen molar-refractivity contribution in [3.05, 3.63) is 82.4 Å². The summed E-state index contributed by atoms with van der Waals surface area (Å²) in [4.78, 5) is 12.5. The maximum Gasteiger partial charge on any atom is 0.261 e. The van der Waals surface area contributed by atoms with Crippen LogP contribution < -0.4 is 14.3 Å². The van der Waals surface area contributed by atoms with Crippen LogP contribution in [0.15, 0.2) is 65.6 Å². The van der Waals surface area contributed by atoms with Crippen molar-refractivity contribution >= 4 is 54.6 Å². The van der Waals surface area contributed by atoms with Gasteiger partial charge in [0.1, 0.15) is 0 Å². The fourth-order valence-electron chi connectivity index (χ4n) is 3.70. The van der Waals surface area contributed by atoms with Crippen LogP contribution in [0.3, 0.4) is 0 Å². The van der Waals surface area contributed by atoms with Gasteiger partial charge in [-0.2, -0.15) is 0 Å². The van der Waals surface area contributed by atoms with E-state index >= 15 is 0 Å². The van der Waals surface area contributed by atoms with E-state index in [9.17, 15) is 21.6 Å². The summed E-state index contributed by atoms with van der Waals surface area (Å²) in [5, 5.41) is 3.17. The van der Waals surface area contributed by atoms with E-state index < -0.39 is 20.0 Å². The summed E-state index contributed by atoms with van der Waals surface area (Å²) in [6.07, 6.45) is 1.54. The molecule has 11 heteroatoms. The molecule has 0 heterocycles. The number of carbonyl (C=O) groups excluding carboxylic acids is 1. The number of halogens is 1. The van der Waals surface area contributed by atoms with E-state index in [2.05, 4.69) is 10.0 Å². The second-order valence-electron chi connectivity index (χ2n) is 8.82. The molecule has 0 aliphatic carbocycles. The van der Waals surface area contributed by atoms with Crippen molar-refractivity contribution in [3.8, 4) is 0 Å². The minimum absolute atomic E-state index is 0.0298. The van der Waals surface area contributed by atoms with Gasteiger partial charge in [-0.25, -0.2) is 16.8 Å². The number of hydrogen-bond acceptors (Lipinski definition) is 5. The first kappa shape index (κ1) is 28.5. The Balaban J connectivity index is 1.61. The molecule has 0 radical (unpaired) electrons. The molecule has 8 nitrogen and oxygen atoms in total. The average Bonchev–Trinajstić information content (AvgIpc) is 2.81. The van der Waals surface area contributed by atoms with E-state index in [1.807, 2.05) is 32.0 Å². The molecular weight excluding hydrogens is 534 g/mol. The van der Waals surface area contributed by atoms with Gasteiger partial charge in [0.2, 0.25) is 15.9 Å². The number of nitrogens with one attached hydrogen (secondary N) is 2. The third kappa shape index (κ3) is 7.47. The Bertz CT molecular complexity index is 1510. The summed E-state index contributed by atoms with van der Waals surface area (Å²) in [6.45, 7) is 5.61. The highest BCUT2D eigenvalue weighted by Gasteiger charge is 2.20. The lowest BCUT2D eigenvalue weighted by Gasteiger charge is -2.24. The largest absolute Gasteiger partial charge is 0.326 e. The highest BCUT2D eigenvalue weighted by Crippen LogP contribution is 2.26. The summed E-state index contributed by atoms with van der Waals surface area (Å²) in [6, 6.07) is 16.3. The Hall–Kier alpha value is -3.08. The highest BCUT2D eigenvalue weighted by molar-refractivity contribution is 7.92. The number of rotatable bonds is 10. The molecule has 0 atom stereocenters. The van der Waals surface area contributed by atoms with Crippen molar-refractivity contribution in [3.63, 3.8) is 0 Å². The summed E-state index contributed by atoms with van der Waals surface area (Å²) in [5.74, 6) is -0.308. The van der Waals surface area contributed by atoms with Crippen molar-refractivity contribution in [2.45, 2.75) is 38.5 Å². The first-order chi connectivity index (χ1) is 17.3. The Morgan fingerprint density at radius 1 is 0.946 bits per heavy atom. The highest BCUT2D eigenvalue weighted by atomic mass is 35.5. The third-order valence-corrected chi connectivity index (χ3v) is 8.73. The Labute approximate surface area is 223 Å². The number of anilines is 3. The first-order valence-corrected chi connectivity index (χ1v) is 15.2. The van der Waals surface area contributed by atoms with Crippen molar-refractivity contribution in [1.29, 1.82) is 0 Å². The summed E-state index contributed by atoms with van der Waals surface area (Å²) < 4.78 is 54.1. The molecule has 198 valence electrons. The summed E-state index contributed by atoms with van der Waals surface area (Å²) >= 11 is 6.07. The molecule has 0 bridgehead atoms. The average molecular weight is 564 g/mol. The zero-order valence-corrected chi connectivity index (χ0v) is 23.5. The zero-order valence-electron chi connectivity index (χ0n) is 21.1. The minimum atomic E-state index is -3.85. The van der Waals surface area contributed by atoms with Gasteiger partial charge in [-0.1, -0.05) is 29.8 Å². The number of nitrogens with zero attached hydrogens (tertiary/aromatic N) is 1. The fraction of sp³-hybridized carbons (Fsp3) is 0.269. The Morgan fingerprint density at radius 2 is 1.62 bits per heavy atom. The molecule has 0 fully saturated rings. The van der Waals surface area contributed by atoms with Gasteiger partial charge in [0.25, 0.3) is 10.0 Å².